The zero-order valence-electron chi connectivity index (χ0n) is 14.0. The van der Waals surface area contributed by atoms with Crippen molar-refractivity contribution in [3.63, 3.8) is 0 Å². The van der Waals surface area contributed by atoms with Gasteiger partial charge in [-0.3, -0.25) is 4.79 Å². The van der Waals surface area contributed by atoms with Crippen molar-refractivity contribution in [3.8, 4) is 0 Å². The minimum atomic E-state index is -3.50. The average molecular weight is 350 g/mol. The zero-order chi connectivity index (χ0) is 17.0. The molecule has 6 heteroatoms. The fourth-order valence-corrected chi connectivity index (χ4v) is 4.89. The van der Waals surface area contributed by atoms with Gasteiger partial charge in [-0.05, 0) is 43.5 Å². The summed E-state index contributed by atoms with van der Waals surface area (Å²) in [7, 11) is -3.50. The summed E-state index contributed by atoms with van der Waals surface area (Å²) in [6.45, 7) is 0.714. The molecule has 1 N–H and O–H groups in total. The Morgan fingerprint density at radius 1 is 0.917 bits per heavy atom. The number of hydrogen-bond donors (Lipinski definition) is 1. The fraction of sp³-hybridized carbons (Fsp3) is 0.611. The molecule has 5 nitrogen and oxygen atoms in total. The summed E-state index contributed by atoms with van der Waals surface area (Å²) in [6.07, 6.45) is 9.08. The summed E-state index contributed by atoms with van der Waals surface area (Å²) in [5.41, 5.74) is 0.780. The van der Waals surface area contributed by atoms with Crippen molar-refractivity contribution in [1.29, 1.82) is 0 Å². The second-order valence-corrected chi connectivity index (χ2v) is 8.52. The standard InChI is InChI=1S/C18H26N2O3S/c21-18-9-6-14-20(18)16-10-12-17(13-11-16)24(22,23)19-15-7-4-2-1-3-5-8-15/h10-13,15,19H,1-9,14H2. The van der Waals surface area contributed by atoms with Crippen molar-refractivity contribution in [2.75, 3.05) is 11.4 Å². The number of nitrogens with zero attached hydrogens (tertiary/aromatic N) is 1. The van der Waals surface area contributed by atoms with Gasteiger partial charge in [-0.2, -0.15) is 0 Å². The van der Waals surface area contributed by atoms with Crippen LogP contribution < -0.4 is 9.62 Å². The molecule has 0 radical (unpaired) electrons. The number of carbonyl (C=O) groups excluding carboxylic acids is 1. The van der Waals surface area contributed by atoms with Crippen LogP contribution >= 0.6 is 0 Å². The highest BCUT2D eigenvalue weighted by atomic mass is 32.2. The first-order valence-corrected chi connectivity index (χ1v) is 10.5. The van der Waals surface area contributed by atoms with Gasteiger partial charge in [0.1, 0.15) is 0 Å². The van der Waals surface area contributed by atoms with Crippen LogP contribution in [0.15, 0.2) is 29.2 Å². The van der Waals surface area contributed by atoms with Crippen LogP contribution in [0.4, 0.5) is 5.69 Å². The number of hydrogen-bond acceptors (Lipinski definition) is 3. The monoisotopic (exact) mass is 350 g/mol. The quantitative estimate of drug-likeness (QED) is 0.907. The van der Waals surface area contributed by atoms with Crippen molar-refractivity contribution >= 4 is 21.6 Å². The van der Waals surface area contributed by atoms with Crippen LogP contribution in [0.2, 0.25) is 0 Å². The van der Waals surface area contributed by atoms with Gasteiger partial charge in [0.2, 0.25) is 15.9 Å². The summed E-state index contributed by atoms with van der Waals surface area (Å²) in [6, 6.07) is 6.71. The van der Waals surface area contributed by atoms with E-state index in [0.29, 0.717) is 13.0 Å². The van der Waals surface area contributed by atoms with Crippen molar-refractivity contribution < 1.29 is 13.2 Å². The highest BCUT2D eigenvalue weighted by molar-refractivity contribution is 7.89. The molecule has 1 saturated carbocycles. The Morgan fingerprint density at radius 2 is 1.54 bits per heavy atom. The van der Waals surface area contributed by atoms with Crippen LogP contribution in [-0.4, -0.2) is 26.9 Å². The van der Waals surface area contributed by atoms with Crippen LogP contribution in [0.1, 0.15) is 57.8 Å². The highest BCUT2D eigenvalue weighted by Gasteiger charge is 2.24. The van der Waals surface area contributed by atoms with Crippen LogP contribution in [-0.2, 0) is 14.8 Å². The van der Waals surface area contributed by atoms with Crippen LogP contribution in [0.25, 0.3) is 0 Å². The van der Waals surface area contributed by atoms with Gasteiger partial charge in [0.15, 0.2) is 0 Å². The van der Waals surface area contributed by atoms with Crippen LogP contribution in [0.3, 0.4) is 0 Å². The Kier molecular flexibility index (Phi) is 5.56. The van der Waals surface area contributed by atoms with E-state index in [-0.39, 0.29) is 16.8 Å². The van der Waals surface area contributed by atoms with Crippen molar-refractivity contribution in [2.45, 2.75) is 68.7 Å². The lowest BCUT2D eigenvalue weighted by Gasteiger charge is -2.21. The first-order valence-electron chi connectivity index (χ1n) is 8.99. The Balaban J connectivity index is 1.68. The summed E-state index contributed by atoms with van der Waals surface area (Å²) in [4.78, 5) is 13.8. The first-order chi connectivity index (χ1) is 11.6. The topological polar surface area (TPSA) is 66.5 Å². The molecule has 2 aliphatic rings. The molecule has 1 heterocycles. The van der Waals surface area contributed by atoms with Crippen molar-refractivity contribution in [2.24, 2.45) is 0 Å². The summed E-state index contributed by atoms with van der Waals surface area (Å²) in [5.74, 6) is 0.109. The van der Waals surface area contributed by atoms with E-state index < -0.39 is 10.0 Å². The Morgan fingerprint density at radius 3 is 2.12 bits per heavy atom. The molecule has 132 valence electrons. The predicted molar refractivity (Wildman–Crippen MR) is 94.5 cm³/mol. The van der Waals surface area contributed by atoms with Gasteiger partial charge in [-0.15, -0.1) is 0 Å². The second-order valence-electron chi connectivity index (χ2n) is 6.81. The molecule has 0 unspecified atom stereocenters. The maximum Gasteiger partial charge on any atom is 0.240 e. The molecule has 0 atom stereocenters. The molecule has 1 aromatic carbocycles. The third-order valence-corrected chi connectivity index (χ3v) is 6.50. The number of sulfonamides is 1. The largest absolute Gasteiger partial charge is 0.312 e. The molecule has 1 aliphatic carbocycles. The third kappa shape index (κ3) is 4.16. The predicted octanol–water partition coefficient (Wildman–Crippen LogP) is 3.20. The Bertz CT molecular complexity index is 662. The summed E-state index contributed by atoms with van der Waals surface area (Å²) in [5, 5.41) is 0. The van der Waals surface area contributed by atoms with E-state index in [1.54, 1.807) is 29.2 Å². The van der Waals surface area contributed by atoms with Crippen LogP contribution in [0.5, 0.6) is 0 Å². The molecule has 0 aromatic heterocycles. The molecule has 3 rings (SSSR count). The average Bonchev–Trinajstić information content (AvgIpc) is 2.96. The maximum atomic E-state index is 12.6. The van der Waals surface area contributed by atoms with E-state index in [1.807, 2.05) is 0 Å². The molecule has 0 bridgehead atoms. The number of anilines is 1. The van der Waals surface area contributed by atoms with Gasteiger partial charge >= 0.3 is 0 Å². The van der Waals surface area contributed by atoms with E-state index in [1.165, 1.54) is 19.3 Å². The number of carbonyl (C=O) groups is 1. The molecule has 24 heavy (non-hydrogen) atoms. The number of benzene rings is 1. The van der Waals surface area contributed by atoms with Gasteiger partial charge in [0.05, 0.1) is 4.90 Å². The smallest absolute Gasteiger partial charge is 0.240 e. The molecular weight excluding hydrogens is 324 g/mol. The van der Waals surface area contributed by atoms with E-state index in [9.17, 15) is 13.2 Å². The fourth-order valence-electron chi connectivity index (χ4n) is 3.59. The van der Waals surface area contributed by atoms with Gasteiger partial charge in [-0.25, -0.2) is 13.1 Å². The molecule has 1 aromatic rings. The number of nitrogens with one attached hydrogen (secondary N) is 1. The van der Waals surface area contributed by atoms with E-state index >= 15 is 0 Å². The Hall–Kier alpha value is -1.40. The molecular formula is C18H26N2O3S. The molecule has 2 fully saturated rings. The summed E-state index contributed by atoms with van der Waals surface area (Å²) < 4.78 is 28.1. The van der Waals surface area contributed by atoms with Crippen molar-refractivity contribution in [3.05, 3.63) is 24.3 Å². The highest BCUT2D eigenvalue weighted by Crippen LogP contribution is 2.24. The minimum Gasteiger partial charge on any atom is -0.312 e. The lowest BCUT2D eigenvalue weighted by Crippen LogP contribution is -2.35. The number of rotatable bonds is 4. The SMILES string of the molecule is O=C1CCCN1c1ccc(S(=O)(=O)NC2CCCCCCC2)cc1. The molecule has 0 spiro atoms. The van der Waals surface area contributed by atoms with Gasteiger partial charge in [0, 0.05) is 24.7 Å². The second kappa shape index (κ2) is 7.66. The normalized spacial score (nSPS) is 20.8. The van der Waals surface area contributed by atoms with Crippen LogP contribution in [0, 0.1) is 0 Å². The van der Waals surface area contributed by atoms with Gasteiger partial charge in [-0.1, -0.05) is 32.1 Å². The lowest BCUT2D eigenvalue weighted by atomic mass is 9.97. The van der Waals surface area contributed by atoms with E-state index in [2.05, 4.69) is 4.72 Å². The van der Waals surface area contributed by atoms with Crippen molar-refractivity contribution in [1.82, 2.24) is 4.72 Å². The molecule has 1 saturated heterocycles. The Labute approximate surface area is 144 Å². The minimum absolute atomic E-state index is 0.0372. The maximum absolute atomic E-state index is 12.6. The summed E-state index contributed by atoms with van der Waals surface area (Å²) >= 11 is 0. The van der Waals surface area contributed by atoms with Gasteiger partial charge < -0.3 is 4.90 Å². The van der Waals surface area contributed by atoms with E-state index in [4.69, 9.17) is 0 Å². The first kappa shape index (κ1) is 17.4. The molecule has 1 amide bonds. The zero-order valence-corrected chi connectivity index (χ0v) is 14.9. The number of amides is 1. The molecule has 1 aliphatic heterocycles. The van der Waals surface area contributed by atoms with E-state index in [0.717, 1.165) is 37.8 Å². The van der Waals surface area contributed by atoms with Gasteiger partial charge in [0.25, 0.3) is 0 Å². The lowest BCUT2D eigenvalue weighted by molar-refractivity contribution is -0.117. The third-order valence-electron chi connectivity index (χ3n) is 4.96.